The van der Waals surface area contributed by atoms with E-state index in [0.717, 1.165) is 16.9 Å². The number of morpholine rings is 1. The predicted molar refractivity (Wildman–Crippen MR) is 116 cm³/mol. The molecule has 2 aliphatic rings. The zero-order chi connectivity index (χ0) is 21.8. The van der Waals surface area contributed by atoms with Crippen LogP contribution < -0.4 is 9.47 Å². The number of carbonyl (C=O) groups excluding carboxylic acids is 2. The Morgan fingerprint density at radius 3 is 2.19 bits per heavy atom. The second-order valence-electron chi connectivity index (χ2n) is 7.47. The Hall–Kier alpha value is -3.32. The number of hydrogen-bond donors (Lipinski definition) is 0. The largest absolute Gasteiger partial charge is 0.497 e. The monoisotopic (exact) mass is 422 g/mol. The Bertz CT molecular complexity index is 976. The van der Waals surface area contributed by atoms with E-state index in [1.807, 2.05) is 36.1 Å². The molecule has 0 spiro atoms. The Morgan fingerprint density at radius 1 is 0.903 bits per heavy atom. The van der Waals surface area contributed by atoms with E-state index in [0.29, 0.717) is 43.3 Å². The average molecular weight is 422 g/mol. The minimum Gasteiger partial charge on any atom is -0.497 e. The second-order valence-corrected chi connectivity index (χ2v) is 7.47. The molecule has 0 aromatic heterocycles. The smallest absolute Gasteiger partial charge is 0.277 e. The van der Waals surface area contributed by atoms with Crippen LogP contribution in [0.25, 0.3) is 5.57 Å². The third kappa shape index (κ3) is 4.41. The summed E-state index contributed by atoms with van der Waals surface area (Å²) in [5, 5.41) is 0. The summed E-state index contributed by atoms with van der Waals surface area (Å²) in [5.74, 6) is 0.828. The highest BCUT2D eigenvalue weighted by Gasteiger charge is 2.41. The maximum Gasteiger partial charge on any atom is 0.277 e. The van der Waals surface area contributed by atoms with E-state index in [1.165, 1.54) is 4.90 Å². The molecule has 2 heterocycles. The first kappa shape index (κ1) is 20.9. The lowest BCUT2D eigenvalue weighted by atomic mass is 10.0. The van der Waals surface area contributed by atoms with Gasteiger partial charge in [0, 0.05) is 13.1 Å². The number of ether oxygens (including phenoxy) is 3. The van der Waals surface area contributed by atoms with Crippen molar-refractivity contribution in [3.05, 3.63) is 65.4 Å². The van der Waals surface area contributed by atoms with Gasteiger partial charge in [0.25, 0.3) is 11.8 Å². The summed E-state index contributed by atoms with van der Waals surface area (Å²) in [6.07, 6.45) is 0. The van der Waals surface area contributed by atoms with Crippen LogP contribution in [0.4, 0.5) is 0 Å². The van der Waals surface area contributed by atoms with Crippen molar-refractivity contribution in [2.45, 2.75) is 6.92 Å². The molecule has 0 saturated carbocycles. The van der Waals surface area contributed by atoms with E-state index >= 15 is 0 Å². The Kier molecular flexibility index (Phi) is 6.23. The Labute approximate surface area is 181 Å². The molecule has 0 N–H and O–H groups in total. The van der Waals surface area contributed by atoms with Crippen LogP contribution >= 0.6 is 0 Å². The maximum atomic E-state index is 13.3. The van der Waals surface area contributed by atoms with Crippen molar-refractivity contribution < 1.29 is 23.8 Å². The topological polar surface area (TPSA) is 68.3 Å². The van der Waals surface area contributed by atoms with Crippen molar-refractivity contribution >= 4 is 17.4 Å². The minimum atomic E-state index is -0.284. The van der Waals surface area contributed by atoms with Gasteiger partial charge in [0.1, 0.15) is 23.8 Å². The van der Waals surface area contributed by atoms with Crippen molar-refractivity contribution in [2.24, 2.45) is 0 Å². The lowest BCUT2D eigenvalue weighted by Gasteiger charge is -2.29. The lowest BCUT2D eigenvalue weighted by Crippen LogP contribution is -2.41. The molecule has 1 fully saturated rings. The second kappa shape index (κ2) is 9.22. The number of hydrogen-bond acceptors (Lipinski definition) is 6. The van der Waals surface area contributed by atoms with Gasteiger partial charge >= 0.3 is 0 Å². The van der Waals surface area contributed by atoms with Crippen LogP contribution in [0.2, 0.25) is 0 Å². The van der Waals surface area contributed by atoms with Gasteiger partial charge < -0.3 is 19.1 Å². The van der Waals surface area contributed by atoms with Crippen molar-refractivity contribution in [3.63, 3.8) is 0 Å². The van der Waals surface area contributed by atoms with Crippen LogP contribution in [-0.4, -0.2) is 68.2 Å². The first-order chi connectivity index (χ1) is 15.1. The summed E-state index contributed by atoms with van der Waals surface area (Å²) in [7, 11) is 1.60. The quantitative estimate of drug-likeness (QED) is 0.639. The molecule has 4 rings (SSSR count). The maximum absolute atomic E-state index is 13.3. The van der Waals surface area contributed by atoms with Crippen molar-refractivity contribution in [1.82, 2.24) is 9.80 Å². The van der Waals surface area contributed by atoms with Crippen LogP contribution in [-0.2, 0) is 14.3 Å². The van der Waals surface area contributed by atoms with Crippen molar-refractivity contribution in [1.29, 1.82) is 0 Å². The van der Waals surface area contributed by atoms with E-state index in [-0.39, 0.29) is 25.0 Å². The third-order valence-electron chi connectivity index (χ3n) is 5.45. The fourth-order valence-corrected chi connectivity index (χ4v) is 3.75. The molecular weight excluding hydrogens is 396 g/mol. The van der Waals surface area contributed by atoms with E-state index in [9.17, 15) is 9.59 Å². The zero-order valence-electron chi connectivity index (χ0n) is 17.8. The van der Waals surface area contributed by atoms with Gasteiger partial charge in [0.05, 0.1) is 32.4 Å². The van der Waals surface area contributed by atoms with E-state index < -0.39 is 0 Å². The van der Waals surface area contributed by atoms with Gasteiger partial charge in [-0.1, -0.05) is 29.8 Å². The SMILES string of the molecule is COc1ccc(OCCN2C(=O)C(c3ccc(C)cc3)=C(N3CCOCC3)C2=O)cc1. The van der Waals surface area contributed by atoms with Gasteiger partial charge in [0.2, 0.25) is 0 Å². The normalized spacial score (nSPS) is 16.8. The van der Waals surface area contributed by atoms with E-state index in [4.69, 9.17) is 14.2 Å². The van der Waals surface area contributed by atoms with Crippen LogP contribution in [0, 0.1) is 6.92 Å². The highest BCUT2D eigenvalue weighted by atomic mass is 16.5. The van der Waals surface area contributed by atoms with Gasteiger partial charge in [-0.3, -0.25) is 14.5 Å². The predicted octanol–water partition coefficient (Wildman–Crippen LogP) is 2.49. The highest BCUT2D eigenvalue weighted by molar-refractivity contribution is 6.35. The van der Waals surface area contributed by atoms with Crippen LogP contribution in [0.3, 0.4) is 0 Å². The average Bonchev–Trinajstić information content (AvgIpc) is 3.05. The first-order valence-electron chi connectivity index (χ1n) is 10.4. The molecule has 0 radical (unpaired) electrons. The molecule has 0 unspecified atom stereocenters. The molecule has 31 heavy (non-hydrogen) atoms. The number of rotatable bonds is 7. The van der Waals surface area contributed by atoms with Gasteiger partial charge in [0.15, 0.2) is 0 Å². The van der Waals surface area contributed by atoms with Gasteiger partial charge in [-0.15, -0.1) is 0 Å². The summed E-state index contributed by atoms with van der Waals surface area (Å²) in [6.45, 7) is 4.61. The highest BCUT2D eigenvalue weighted by Crippen LogP contribution is 2.32. The molecule has 2 amide bonds. The van der Waals surface area contributed by atoms with Crippen LogP contribution in [0.15, 0.2) is 54.2 Å². The van der Waals surface area contributed by atoms with Crippen molar-refractivity contribution in [3.8, 4) is 11.5 Å². The summed E-state index contributed by atoms with van der Waals surface area (Å²) in [4.78, 5) is 29.8. The van der Waals surface area contributed by atoms with Crippen molar-refractivity contribution in [2.75, 3.05) is 46.6 Å². The summed E-state index contributed by atoms with van der Waals surface area (Å²) >= 11 is 0. The summed E-state index contributed by atoms with van der Waals surface area (Å²) in [6, 6.07) is 14.9. The number of benzene rings is 2. The molecule has 1 saturated heterocycles. The van der Waals surface area contributed by atoms with Crippen LogP contribution in [0.5, 0.6) is 11.5 Å². The number of nitrogens with zero attached hydrogens (tertiary/aromatic N) is 2. The first-order valence-corrected chi connectivity index (χ1v) is 10.4. The molecular formula is C24H26N2O5. The van der Waals surface area contributed by atoms with E-state index in [2.05, 4.69) is 0 Å². The molecule has 7 heteroatoms. The molecule has 2 aromatic rings. The minimum absolute atomic E-state index is 0.174. The molecule has 0 atom stereocenters. The third-order valence-corrected chi connectivity index (χ3v) is 5.45. The van der Waals surface area contributed by atoms with Crippen LogP contribution in [0.1, 0.15) is 11.1 Å². The molecule has 162 valence electrons. The lowest BCUT2D eigenvalue weighted by molar-refractivity contribution is -0.138. The zero-order valence-corrected chi connectivity index (χ0v) is 17.8. The van der Waals surface area contributed by atoms with Gasteiger partial charge in [-0.25, -0.2) is 0 Å². The van der Waals surface area contributed by atoms with Gasteiger partial charge in [-0.05, 0) is 36.8 Å². The number of amides is 2. The molecule has 7 nitrogen and oxygen atoms in total. The number of methoxy groups -OCH3 is 1. The van der Waals surface area contributed by atoms with E-state index in [1.54, 1.807) is 31.4 Å². The standard InChI is InChI=1S/C24H26N2O5/c1-17-3-5-18(6-4-17)21-22(25-11-14-30-15-12-25)24(28)26(23(21)27)13-16-31-20-9-7-19(29-2)8-10-20/h3-10H,11-16H2,1-2H3. The fourth-order valence-electron chi connectivity index (χ4n) is 3.75. The Balaban J connectivity index is 1.53. The summed E-state index contributed by atoms with van der Waals surface area (Å²) in [5.41, 5.74) is 2.76. The molecule has 0 bridgehead atoms. The fraction of sp³-hybridized carbons (Fsp3) is 0.333. The van der Waals surface area contributed by atoms with Gasteiger partial charge in [-0.2, -0.15) is 0 Å². The summed E-state index contributed by atoms with van der Waals surface area (Å²) < 4.78 is 16.3. The molecule has 2 aliphatic heterocycles. The Morgan fingerprint density at radius 2 is 1.55 bits per heavy atom. The number of carbonyl (C=O) groups is 2. The molecule has 0 aliphatic carbocycles. The number of aryl methyl sites for hydroxylation is 1. The molecule has 2 aromatic carbocycles. The number of imide groups is 1.